The molecule has 108 valence electrons. The number of carbonyl (C=O) groups is 2. The Morgan fingerprint density at radius 1 is 1.30 bits per heavy atom. The molecular weight excluding hydrogens is 280 g/mol. The van der Waals surface area contributed by atoms with Crippen LogP contribution in [-0.2, 0) is 14.3 Å². The summed E-state index contributed by atoms with van der Waals surface area (Å²) in [5, 5.41) is 3.03. The van der Waals surface area contributed by atoms with Crippen LogP contribution in [0, 0.1) is 5.92 Å². The number of halogens is 1. The van der Waals surface area contributed by atoms with Crippen LogP contribution in [0.3, 0.4) is 0 Å². The smallest absolute Gasteiger partial charge is 0.309 e. The molecule has 20 heavy (non-hydrogen) atoms. The van der Waals surface area contributed by atoms with Crippen molar-refractivity contribution in [1.29, 1.82) is 0 Å². The van der Waals surface area contributed by atoms with Gasteiger partial charge < -0.3 is 10.1 Å². The number of amides is 1. The molecule has 1 amide bonds. The number of hydrogen-bond acceptors (Lipinski definition) is 4. The van der Waals surface area contributed by atoms with E-state index in [-0.39, 0.29) is 18.5 Å². The van der Waals surface area contributed by atoms with E-state index in [0.29, 0.717) is 10.8 Å². The Labute approximate surface area is 122 Å². The van der Waals surface area contributed by atoms with Gasteiger partial charge in [-0.15, -0.1) is 0 Å². The van der Waals surface area contributed by atoms with Crippen molar-refractivity contribution in [3.63, 3.8) is 0 Å². The average molecular weight is 297 g/mol. The van der Waals surface area contributed by atoms with Crippen molar-refractivity contribution in [2.75, 3.05) is 11.9 Å². The number of nitrogens with zero attached hydrogens (tertiary/aromatic N) is 1. The van der Waals surface area contributed by atoms with Gasteiger partial charge in [-0.3, -0.25) is 9.59 Å². The molecule has 1 saturated carbocycles. The Morgan fingerprint density at radius 3 is 2.70 bits per heavy atom. The van der Waals surface area contributed by atoms with Crippen molar-refractivity contribution in [2.24, 2.45) is 5.92 Å². The summed E-state index contributed by atoms with van der Waals surface area (Å²) in [5.41, 5.74) is 0. The highest BCUT2D eigenvalue weighted by Crippen LogP contribution is 2.24. The summed E-state index contributed by atoms with van der Waals surface area (Å²) in [4.78, 5) is 27.3. The third-order valence-corrected chi connectivity index (χ3v) is 3.50. The second-order valence-electron chi connectivity index (χ2n) is 4.85. The first-order valence-corrected chi connectivity index (χ1v) is 7.11. The summed E-state index contributed by atoms with van der Waals surface area (Å²) in [7, 11) is 0. The van der Waals surface area contributed by atoms with Crippen LogP contribution in [-0.4, -0.2) is 23.5 Å². The minimum atomic E-state index is -0.399. The number of rotatable bonds is 4. The highest BCUT2D eigenvalue weighted by atomic mass is 35.5. The van der Waals surface area contributed by atoms with E-state index >= 15 is 0 Å². The van der Waals surface area contributed by atoms with Crippen LogP contribution in [0.2, 0.25) is 5.02 Å². The minimum absolute atomic E-state index is 0.0507. The number of carbonyl (C=O) groups excluding carboxylic acids is 2. The van der Waals surface area contributed by atoms with Gasteiger partial charge in [0.2, 0.25) is 0 Å². The average Bonchev–Trinajstić information content (AvgIpc) is 2.48. The van der Waals surface area contributed by atoms with Gasteiger partial charge in [0.1, 0.15) is 5.82 Å². The third-order valence-electron chi connectivity index (χ3n) is 3.28. The number of esters is 1. The number of hydrogen-bond donors (Lipinski definition) is 1. The number of anilines is 1. The van der Waals surface area contributed by atoms with Crippen LogP contribution in [0.4, 0.5) is 5.82 Å². The normalized spacial score (nSPS) is 15.7. The summed E-state index contributed by atoms with van der Waals surface area (Å²) in [5.74, 6) is -0.341. The molecule has 1 aliphatic rings. The topological polar surface area (TPSA) is 68.3 Å². The van der Waals surface area contributed by atoms with Crippen molar-refractivity contribution in [1.82, 2.24) is 4.98 Å². The lowest BCUT2D eigenvalue weighted by atomic mass is 9.89. The molecule has 2 rings (SSSR count). The molecule has 0 atom stereocenters. The molecule has 5 nitrogen and oxygen atoms in total. The molecule has 0 aliphatic heterocycles. The number of aromatic nitrogens is 1. The predicted molar refractivity (Wildman–Crippen MR) is 75.4 cm³/mol. The summed E-state index contributed by atoms with van der Waals surface area (Å²) >= 11 is 5.69. The molecule has 0 saturated heterocycles. The van der Waals surface area contributed by atoms with Crippen LogP contribution in [0.15, 0.2) is 18.3 Å². The fourth-order valence-electron chi connectivity index (χ4n) is 2.22. The van der Waals surface area contributed by atoms with Gasteiger partial charge in [0.25, 0.3) is 5.91 Å². The lowest BCUT2D eigenvalue weighted by Gasteiger charge is -2.19. The van der Waals surface area contributed by atoms with Gasteiger partial charge in [0.05, 0.1) is 10.9 Å². The molecule has 0 bridgehead atoms. The summed E-state index contributed by atoms with van der Waals surface area (Å²) < 4.78 is 5.03. The molecule has 1 aromatic rings. The number of pyridine rings is 1. The lowest BCUT2D eigenvalue weighted by molar-refractivity contribution is -0.152. The Hall–Kier alpha value is -1.62. The van der Waals surface area contributed by atoms with Crippen molar-refractivity contribution in [3.8, 4) is 0 Å². The van der Waals surface area contributed by atoms with E-state index in [0.717, 1.165) is 25.7 Å². The molecule has 0 aromatic carbocycles. The van der Waals surface area contributed by atoms with Crippen molar-refractivity contribution < 1.29 is 14.3 Å². The zero-order chi connectivity index (χ0) is 14.4. The monoisotopic (exact) mass is 296 g/mol. The predicted octanol–water partition coefficient (Wildman–Crippen LogP) is 2.80. The fourth-order valence-corrected chi connectivity index (χ4v) is 2.33. The molecule has 1 aliphatic carbocycles. The largest absolute Gasteiger partial charge is 0.455 e. The van der Waals surface area contributed by atoms with Crippen molar-refractivity contribution in [3.05, 3.63) is 23.4 Å². The molecule has 1 aromatic heterocycles. The molecular formula is C14H17ClN2O3. The van der Waals surface area contributed by atoms with Gasteiger partial charge in [-0.1, -0.05) is 30.9 Å². The molecule has 6 heteroatoms. The van der Waals surface area contributed by atoms with Crippen LogP contribution >= 0.6 is 11.6 Å². The number of ether oxygens (including phenoxy) is 1. The van der Waals surface area contributed by atoms with Gasteiger partial charge in [-0.2, -0.15) is 0 Å². The summed E-state index contributed by atoms with van der Waals surface area (Å²) in [6.45, 7) is -0.278. The molecule has 1 heterocycles. The van der Waals surface area contributed by atoms with Gasteiger partial charge >= 0.3 is 5.97 Å². The third kappa shape index (κ3) is 4.49. The first-order valence-electron chi connectivity index (χ1n) is 6.73. The Balaban J connectivity index is 1.74. The van der Waals surface area contributed by atoms with Crippen molar-refractivity contribution >= 4 is 29.3 Å². The molecule has 0 spiro atoms. The lowest BCUT2D eigenvalue weighted by Crippen LogP contribution is -2.26. The van der Waals surface area contributed by atoms with Gasteiger partial charge in [0, 0.05) is 6.20 Å². The maximum absolute atomic E-state index is 11.8. The first kappa shape index (κ1) is 14.8. The zero-order valence-electron chi connectivity index (χ0n) is 11.1. The Bertz CT molecular complexity index is 470. The van der Waals surface area contributed by atoms with Crippen LogP contribution in [0.5, 0.6) is 0 Å². The molecule has 0 radical (unpaired) electrons. The second kappa shape index (κ2) is 7.24. The maximum Gasteiger partial charge on any atom is 0.309 e. The summed E-state index contributed by atoms with van der Waals surface area (Å²) in [6, 6.07) is 3.21. The maximum atomic E-state index is 11.8. The molecule has 1 fully saturated rings. The highest BCUT2D eigenvalue weighted by molar-refractivity contribution is 6.30. The van der Waals surface area contributed by atoms with Crippen LogP contribution in [0.25, 0.3) is 0 Å². The van der Waals surface area contributed by atoms with E-state index in [4.69, 9.17) is 16.3 Å². The second-order valence-corrected chi connectivity index (χ2v) is 5.29. The van der Waals surface area contributed by atoms with E-state index in [2.05, 4.69) is 10.3 Å². The summed E-state index contributed by atoms with van der Waals surface area (Å²) in [6.07, 6.45) is 6.44. The van der Waals surface area contributed by atoms with Crippen LogP contribution < -0.4 is 5.32 Å². The molecule has 1 N–H and O–H groups in total. The van der Waals surface area contributed by atoms with Gasteiger partial charge in [-0.25, -0.2) is 4.98 Å². The van der Waals surface area contributed by atoms with Crippen LogP contribution in [0.1, 0.15) is 32.1 Å². The fraction of sp³-hybridized carbons (Fsp3) is 0.500. The van der Waals surface area contributed by atoms with Gasteiger partial charge in [-0.05, 0) is 25.0 Å². The van der Waals surface area contributed by atoms with E-state index in [1.54, 1.807) is 12.1 Å². The SMILES string of the molecule is O=C(COC(=O)C1CCCCC1)Nc1ccc(Cl)cn1. The standard InChI is InChI=1S/C14H17ClN2O3/c15-11-6-7-12(16-8-11)17-13(18)9-20-14(19)10-4-2-1-3-5-10/h6-8,10H,1-5,9H2,(H,16,17,18). The molecule has 0 unspecified atom stereocenters. The van der Waals surface area contributed by atoms with Crippen molar-refractivity contribution in [2.45, 2.75) is 32.1 Å². The zero-order valence-corrected chi connectivity index (χ0v) is 11.9. The quantitative estimate of drug-likeness (QED) is 0.868. The minimum Gasteiger partial charge on any atom is -0.455 e. The Morgan fingerprint density at radius 2 is 2.05 bits per heavy atom. The van der Waals surface area contributed by atoms with E-state index in [1.807, 2.05) is 0 Å². The van der Waals surface area contributed by atoms with E-state index in [1.165, 1.54) is 12.6 Å². The van der Waals surface area contributed by atoms with Gasteiger partial charge in [0.15, 0.2) is 6.61 Å². The van der Waals surface area contributed by atoms with E-state index in [9.17, 15) is 9.59 Å². The Kier molecular flexibility index (Phi) is 5.35. The first-order chi connectivity index (χ1) is 9.65. The number of nitrogens with one attached hydrogen (secondary N) is 1. The highest BCUT2D eigenvalue weighted by Gasteiger charge is 2.23. The van der Waals surface area contributed by atoms with E-state index < -0.39 is 5.91 Å².